The average molecular weight is 389 g/mol. The summed E-state index contributed by atoms with van der Waals surface area (Å²) >= 11 is 1.40. The Bertz CT molecular complexity index is 813. The van der Waals surface area contributed by atoms with Gasteiger partial charge in [0.05, 0.1) is 16.9 Å². The zero-order valence-electron chi connectivity index (χ0n) is 15.4. The van der Waals surface area contributed by atoms with Crippen LogP contribution in [-0.4, -0.2) is 27.9 Å². The zero-order valence-corrected chi connectivity index (χ0v) is 16.2. The van der Waals surface area contributed by atoms with E-state index in [9.17, 15) is 14.4 Å². The number of amides is 2. The van der Waals surface area contributed by atoms with Crippen LogP contribution in [0, 0.1) is 13.8 Å². The minimum absolute atomic E-state index is 0.111. The first-order valence-electron chi connectivity index (χ1n) is 8.73. The molecular formula is C19H23N3O4S. The Balaban J connectivity index is 1.93. The molecule has 1 heterocycles. The molecule has 0 unspecified atom stereocenters. The van der Waals surface area contributed by atoms with E-state index in [1.807, 2.05) is 13.8 Å². The van der Waals surface area contributed by atoms with Gasteiger partial charge in [0.15, 0.2) is 5.13 Å². The number of carbonyl (C=O) groups is 3. The van der Waals surface area contributed by atoms with E-state index >= 15 is 0 Å². The van der Waals surface area contributed by atoms with E-state index < -0.39 is 5.97 Å². The zero-order chi connectivity index (χ0) is 19.8. The Morgan fingerprint density at radius 1 is 1.04 bits per heavy atom. The lowest BCUT2D eigenvalue weighted by atomic mass is 10.1. The molecule has 1 aromatic carbocycles. The first-order valence-corrected chi connectivity index (χ1v) is 9.54. The summed E-state index contributed by atoms with van der Waals surface area (Å²) in [6.45, 7) is 3.82. The number of hydrogen-bond acceptors (Lipinski definition) is 5. The van der Waals surface area contributed by atoms with Crippen LogP contribution in [0.3, 0.4) is 0 Å². The molecule has 0 bridgehead atoms. The molecule has 0 saturated carbocycles. The number of aliphatic carboxylic acids is 1. The van der Waals surface area contributed by atoms with Crippen LogP contribution in [0.2, 0.25) is 0 Å². The number of para-hydroxylation sites is 1. The molecule has 8 heteroatoms. The van der Waals surface area contributed by atoms with Crippen molar-refractivity contribution in [3.8, 4) is 0 Å². The van der Waals surface area contributed by atoms with Crippen molar-refractivity contribution < 1.29 is 19.5 Å². The Labute approximate surface area is 161 Å². The van der Waals surface area contributed by atoms with E-state index in [-0.39, 0.29) is 24.7 Å². The van der Waals surface area contributed by atoms with Gasteiger partial charge in [-0.25, -0.2) is 4.98 Å². The second-order valence-corrected chi connectivity index (χ2v) is 7.37. The molecule has 7 nitrogen and oxygen atoms in total. The minimum atomic E-state index is -0.829. The van der Waals surface area contributed by atoms with Gasteiger partial charge in [0.1, 0.15) is 0 Å². The van der Waals surface area contributed by atoms with Crippen molar-refractivity contribution in [3.63, 3.8) is 0 Å². The van der Waals surface area contributed by atoms with E-state index in [1.165, 1.54) is 11.3 Å². The van der Waals surface area contributed by atoms with E-state index in [4.69, 9.17) is 5.11 Å². The van der Waals surface area contributed by atoms with Gasteiger partial charge >= 0.3 is 5.97 Å². The number of hydrogen-bond donors (Lipinski definition) is 3. The first kappa shape index (κ1) is 20.6. The molecular weight excluding hydrogens is 366 g/mol. The standard InChI is InChI=1S/C19H23N3O4S/c1-12-13(2)27-19(20-12)22-18(26)14-8-6-7-9-15(14)21-16(23)10-4-3-5-11-17(24)25/h6-9H,3-5,10-11H2,1-2H3,(H,21,23)(H,24,25)(H,20,22,26). The second-order valence-electron chi connectivity index (χ2n) is 6.16. The molecule has 0 radical (unpaired) electrons. The van der Waals surface area contributed by atoms with Gasteiger partial charge in [-0.2, -0.15) is 0 Å². The van der Waals surface area contributed by atoms with Gasteiger partial charge in [-0.15, -0.1) is 11.3 Å². The Kier molecular flexibility index (Phi) is 7.48. The normalized spacial score (nSPS) is 10.4. The Hall–Kier alpha value is -2.74. The van der Waals surface area contributed by atoms with Gasteiger partial charge in [0.25, 0.3) is 5.91 Å². The quantitative estimate of drug-likeness (QED) is 0.562. The van der Waals surface area contributed by atoms with E-state index in [0.717, 1.165) is 10.6 Å². The van der Waals surface area contributed by atoms with Crippen molar-refractivity contribution in [3.05, 3.63) is 40.4 Å². The minimum Gasteiger partial charge on any atom is -0.481 e. The van der Waals surface area contributed by atoms with E-state index in [1.54, 1.807) is 24.3 Å². The van der Waals surface area contributed by atoms with Gasteiger partial charge < -0.3 is 10.4 Å². The van der Waals surface area contributed by atoms with Crippen LogP contribution >= 0.6 is 11.3 Å². The summed E-state index contributed by atoms with van der Waals surface area (Å²) in [7, 11) is 0. The van der Waals surface area contributed by atoms with Crippen LogP contribution in [0.5, 0.6) is 0 Å². The lowest BCUT2D eigenvalue weighted by Gasteiger charge is -2.10. The number of carboxylic acids is 1. The molecule has 2 rings (SSSR count). The summed E-state index contributed by atoms with van der Waals surface area (Å²) < 4.78 is 0. The van der Waals surface area contributed by atoms with Crippen molar-refractivity contribution in [1.82, 2.24) is 4.98 Å². The van der Waals surface area contributed by atoms with Crippen LogP contribution in [-0.2, 0) is 9.59 Å². The smallest absolute Gasteiger partial charge is 0.303 e. The highest BCUT2D eigenvalue weighted by Gasteiger charge is 2.15. The number of aryl methyl sites for hydroxylation is 2. The van der Waals surface area contributed by atoms with Crippen molar-refractivity contribution in [2.24, 2.45) is 0 Å². The third-order valence-electron chi connectivity index (χ3n) is 3.99. The summed E-state index contributed by atoms with van der Waals surface area (Å²) in [6, 6.07) is 6.80. The fraction of sp³-hybridized carbons (Fsp3) is 0.368. The van der Waals surface area contributed by atoms with Crippen molar-refractivity contribution in [1.29, 1.82) is 0 Å². The number of benzene rings is 1. The number of anilines is 2. The van der Waals surface area contributed by atoms with Gasteiger partial charge in [-0.1, -0.05) is 18.6 Å². The molecule has 0 aliphatic carbocycles. The van der Waals surface area contributed by atoms with Crippen LogP contribution in [0.1, 0.15) is 53.0 Å². The number of nitrogens with one attached hydrogen (secondary N) is 2. The lowest BCUT2D eigenvalue weighted by molar-refractivity contribution is -0.137. The molecule has 144 valence electrons. The second kappa shape index (κ2) is 9.82. The lowest BCUT2D eigenvalue weighted by Crippen LogP contribution is -2.18. The predicted octanol–water partition coefficient (Wildman–Crippen LogP) is 3.99. The van der Waals surface area contributed by atoms with Crippen LogP contribution in [0.15, 0.2) is 24.3 Å². The maximum atomic E-state index is 12.5. The maximum absolute atomic E-state index is 12.5. The summed E-state index contributed by atoms with van der Waals surface area (Å²) in [6.07, 6.45) is 2.21. The first-order chi connectivity index (χ1) is 12.9. The number of carboxylic acid groups (broad SMARTS) is 1. The van der Waals surface area contributed by atoms with Crippen molar-refractivity contribution >= 4 is 39.9 Å². The fourth-order valence-corrected chi connectivity index (χ4v) is 3.24. The third-order valence-corrected chi connectivity index (χ3v) is 4.98. The molecule has 0 atom stereocenters. The maximum Gasteiger partial charge on any atom is 0.303 e. The average Bonchev–Trinajstić information content (AvgIpc) is 2.92. The summed E-state index contributed by atoms with van der Waals surface area (Å²) in [5.74, 6) is -1.36. The van der Waals surface area contributed by atoms with Crippen LogP contribution in [0.25, 0.3) is 0 Å². The van der Waals surface area contributed by atoms with Gasteiger partial charge in [0.2, 0.25) is 5.91 Å². The number of rotatable bonds is 9. The monoisotopic (exact) mass is 389 g/mol. The van der Waals surface area contributed by atoms with E-state index in [2.05, 4.69) is 15.6 Å². The van der Waals surface area contributed by atoms with Crippen LogP contribution < -0.4 is 10.6 Å². The molecule has 2 aromatic rings. The van der Waals surface area contributed by atoms with Gasteiger partial charge in [-0.05, 0) is 38.8 Å². The molecule has 0 saturated heterocycles. The highest BCUT2D eigenvalue weighted by atomic mass is 32.1. The SMILES string of the molecule is Cc1nc(NC(=O)c2ccccc2NC(=O)CCCCCC(=O)O)sc1C. The van der Waals surface area contributed by atoms with Crippen molar-refractivity contribution in [2.75, 3.05) is 10.6 Å². The molecule has 0 aliphatic heterocycles. The van der Waals surface area contributed by atoms with Crippen LogP contribution in [0.4, 0.5) is 10.8 Å². The summed E-state index contributed by atoms with van der Waals surface area (Å²) in [5, 5.41) is 14.6. The third kappa shape index (κ3) is 6.49. The largest absolute Gasteiger partial charge is 0.481 e. The fourth-order valence-electron chi connectivity index (χ4n) is 2.43. The summed E-state index contributed by atoms with van der Waals surface area (Å²) in [4.78, 5) is 40.5. The molecule has 0 fully saturated rings. The molecule has 3 N–H and O–H groups in total. The predicted molar refractivity (Wildman–Crippen MR) is 105 cm³/mol. The number of thiazole rings is 1. The van der Waals surface area contributed by atoms with E-state index in [0.29, 0.717) is 35.6 Å². The van der Waals surface area contributed by atoms with Crippen molar-refractivity contribution in [2.45, 2.75) is 46.0 Å². The van der Waals surface area contributed by atoms with Gasteiger partial charge in [-0.3, -0.25) is 19.7 Å². The molecule has 2 amide bonds. The number of nitrogens with zero attached hydrogens (tertiary/aromatic N) is 1. The highest BCUT2D eigenvalue weighted by Crippen LogP contribution is 2.23. The summed E-state index contributed by atoms with van der Waals surface area (Å²) in [5.41, 5.74) is 1.68. The molecule has 27 heavy (non-hydrogen) atoms. The number of carbonyl (C=O) groups excluding carboxylic acids is 2. The number of aromatic nitrogens is 1. The molecule has 1 aromatic heterocycles. The highest BCUT2D eigenvalue weighted by molar-refractivity contribution is 7.15. The topological polar surface area (TPSA) is 108 Å². The van der Waals surface area contributed by atoms with Gasteiger partial charge in [0, 0.05) is 17.7 Å². The Morgan fingerprint density at radius 2 is 1.74 bits per heavy atom. The Morgan fingerprint density at radius 3 is 2.41 bits per heavy atom. The molecule has 0 spiro atoms. The molecule has 0 aliphatic rings. The number of unbranched alkanes of at least 4 members (excludes halogenated alkanes) is 2.